The number of hydrogen-bond acceptors (Lipinski definition) is 2. The fourth-order valence-corrected chi connectivity index (χ4v) is 4.70. The summed E-state index contributed by atoms with van der Waals surface area (Å²) in [6, 6.07) is 8.42. The largest absolute Gasteiger partial charge is 0.349 e. The molecule has 0 aliphatic heterocycles. The number of benzene rings is 1. The molecule has 1 aromatic heterocycles. The molecule has 1 saturated carbocycles. The van der Waals surface area contributed by atoms with Crippen LogP contribution in [0.1, 0.15) is 36.0 Å². The lowest BCUT2D eigenvalue weighted by Crippen LogP contribution is -2.42. The highest BCUT2D eigenvalue weighted by molar-refractivity contribution is 9.09. The number of hydrogen-bond donors (Lipinski definition) is 1. The standard InChI is InChI=1S/C16H18BrNOS/c17-9-11-5-1-3-7-14(11)18-16(19)13-10-20-15-8-4-2-6-12(13)15/h2,4,6,8,10-11,14H,1,3,5,7,9H2,(H,18,19). The van der Waals surface area contributed by atoms with E-state index in [0.29, 0.717) is 12.0 Å². The van der Waals surface area contributed by atoms with Crippen LogP contribution in [0.25, 0.3) is 10.1 Å². The van der Waals surface area contributed by atoms with E-state index in [-0.39, 0.29) is 5.91 Å². The predicted octanol–water partition coefficient (Wildman–Crippen LogP) is 4.58. The second-order valence-corrected chi connectivity index (χ2v) is 6.98. The molecule has 1 aliphatic carbocycles. The molecule has 106 valence electrons. The van der Waals surface area contributed by atoms with Gasteiger partial charge in [0.1, 0.15) is 0 Å². The lowest BCUT2D eigenvalue weighted by molar-refractivity contribution is 0.0914. The van der Waals surface area contributed by atoms with Crippen molar-refractivity contribution in [1.29, 1.82) is 0 Å². The zero-order chi connectivity index (χ0) is 13.9. The van der Waals surface area contributed by atoms with Crippen LogP contribution < -0.4 is 5.32 Å². The summed E-state index contributed by atoms with van der Waals surface area (Å²) in [5.41, 5.74) is 0.824. The van der Waals surface area contributed by atoms with Crippen molar-refractivity contribution in [2.24, 2.45) is 5.92 Å². The SMILES string of the molecule is O=C(NC1CCCCC1CBr)c1csc2ccccc12. The van der Waals surface area contributed by atoms with Gasteiger partial charge in [-0.2, -0.15) is 0 Å². The molecule has 0 spiro atoms. The summed E-state index contributed by atoms with van der Waals surface area (Å²) in [4.78, 5) is 12.5. The molecule has 1 aliphatic rings. The number of carbonyl (C=O) groups excluding carboxylic acids is 1. The summed E-state index contributed by atoms with van der Waals surface area (Å²) in [6.07, 6.45) is 4.81. The summed E-state index contributed by atoms with van der Waals surface area (Å²) in [5, 5.41) is 7.28. The van der Waals surface area contributed by atoms with E-state index in [1.165, 1.54) is 24.0 Å². The van der Waals surface area contributed by atoms with Crippen LogP contribution in [0.15, 0.2) is 29.6 Å². The van der Waals surface area contributed by atoms with Crippen LogP contribution in [-0.2, 0) is 0 Å². The van der Waals surface area contributed by atoms with E-state index in [0.717, 1.165) is 22.7 Å². The minimum Gasteiger partial charge on any atom is -0.349 e. The number of alkyl halides is 1. The average molecular weight is 352 g/mol. The van der Waals surface area contributed by atoms with Crippen molar-refractivity contribution in [3.05, 3.63) is 35.2 Å². The Kier molecular flexibility index (Phi) is 4.41. The number of halogens is 1. The Morgan fingerprint density at radius 2 is 2.10 bits per heavy atom. The van der Waals surface area contributed by atoms with Crippen molar-refractivity contribution < 1.29 is 4.79 Å². The van der Waals surface area contributed by atoms with Crippen LogP contribution in [0.5, 0.6) is 0 Å². The molecular weight excluding hydrogens is 334 g/mol. The van der Waals surface area contributed by atoms with Crippen molar-refractivity contribution in [3.63, 3.8) is 0 Å². The van der Waals surface area contributed by atoms with Crippen LogP contribution in [0.4, 0.5) is 0 Å². The number of nitrogens with one attached hydrogen (secondary N) is 1. The van der Waals surface area contributed by atoms with Gasteiger partial charge in [0.15, 0.2) is 0 Å². The maximum Gasteiger partial charge on any atom is 0.252 e. The second-order valence-electron chi connectivity index (χ2n) is 5.42. The molecule has 3 rings (SSSR count). The molecule has 0 saturated heterocycles. The van der Waals surface area contributed by atoms with Gasteiger partial charge in [-0.05, 0) is 24.8 Å². The van der Waals surface area contributed by atoms with Gasteiger partial charge in [0.2, 0.25) is 0 Å². The van der Waals surface area contributed by atoms with Gasteiger partial charge in [-0.3, -0.25) is 4.79 Å². The minimum atomic E-state index is 0.0836. The number of amides is 1. The Hall–Kier alpha value is -0.870. The summed E-state index contributed by atoms with van der Waals surface area (Å²) in [7, 11) is 0. The molecule has 0 radical (unpaired) electrons. The molecule has 2 unspecified atom stereocenters. The second kappa shape index (κ2) is 6.27. The summed E-state index contributed by atoms with van der Waals surface area (Å²) >= 11 is 5.22. The molecule has 2 atom stereocenters. The van der Waals surface area contributed by atoms with Crippen molar-refractivity contribution in [2.75, 3.05) is 5.33 Å². The highest BCUT2D eigenvalue weighted by atomic mass is 79.9. The van der Waals surface area contributed by atoms with E-state index >= 15 is 0 Å². The van der Waals surface area contributed by atoms with Crippen molar-refractivity contribution in [1.82, 2.24) is 5.32 Å². The van der Waals surface area contributed by atoms with Crippen LogP contribution in [-0.4, -0.2) is 17.3 Å². The quantitative estimate of drug-likeness (QED) is 0.805. The molecule has 0 bridgehead atoms. The molecule has 2 aromatic rings. The Labute approximate surface area is 131 Å². The van der Waals surface area contributed by atoms with Crippen LogP contribution in [0, 0.1) is 5.92 Å². The summed E-state index contributed by atoms with van der Waals surface area (Å²) in [6.45, 7) is 0. The normalized spacial score (nSPS) is 22.9. The molecule has 1 amide bonds. The van der Waals surface area contributed by atoms with Gasteiger partial charge in [0, 0.05) is 26.8 Å². The Morgan fingerprint density at radius 1 is 1.30 bits per heavy atom. The fraction of sp³-hybridized carbons (Fsp3) is 0.438. The summed E-state index contributed by atoms with van der Waals surface area (Å²) in [5.74, 6) is 0.651. The smallest absolute Gasteiger partial charge is 0.252 e. The molecular formula is C16H18BrNOS. The number of fused-ring (bicyclic) bond motifs is 1. The molecule has 4 heteroatoms. The van der Waals surface area contributed by atoms with Gasteiger partial charge in [-0.1, -0.05) is 47.0 Å². The first-order chi connectivity index (χ1) is 9.79. The Morgan fingerprint density at radius 3 is 2.95 bits per heavy atom. The third-order valence-electron chi connectivity index (χ3n) is 4.15. The first kappa shape index (κ1) is 14.1. The zero-order valence-corrected chi connectivity index (χ0v) is 13.7. The molecule has 1 aromatic carbocycles. The van der Waals surface area contributed by atoms with E-state index in [1.54, 1.807) is 11.3 Å². The topological polar surface area (TPSA) is 29.1 Å². The number of rotatable bonds is 3. The van der Waals surface area contributed by atoms with Crippen LogP contribution >= 0.6 is 27.3 Å². The molecule has 1 N–H and O–H groups in total. The van der Waals surface area contributed by atoms with E-state index in [2.05, 4.69) is 27.3 Å². The van der Waals surface area contributed by atoms with Crippen LogP contribution in [0.2, 0.25) is 0 Å². The molecule has 1 fully saturated rings. The molecule has 1 heterocycles. The van der Waals surface area contributed by atoms with Gasteiger partial charge < -0.3 is 5.32 Å². The van der Waals surface area contributed by atoms with Gasteiger partial charge in [-0.25, -0.2) is 0 Å². The van der Waals surface area contributed by atoms with E-state index in [4.69, 9.17) is 0 Å². The van der Waals surface area contributed by atoms with Crippen molar-refractivity contribution in [2.45, 2.75) is 31.7 Å². The van der Waals surface area contributed by atoms with E-state index in [9.17, 15) is 4.79 Å². The molecule has 2 nitrogen and oxygen atoms in total. The maximum absolute atomic E-state index is 12.5. The minimum absolute atomic E-state index is 0.0836. The van der Waals surface area contributed by atoms with Gasteiger partial charge in [0.05, 0.1) is 5.56 Å². The monoisotopic (exact) mass is 351 g/mol. The average Bonchev–Trinajstić information content (AvgIpc) is 2.92. The fourth-order valence-electron chi connectivity index (χ4n) is 2.98. The van der Waals surface area contributed by atoms with Crippen LogP contribution in [0.3, 0.4) is 0 Å². The van der Waals surface area contributed by atoms with Crippen molar-refractivity contribution >= 4 is 43.3 Å². The van der Waals surface area contributed by atoms with Gasteiger partial charge >= 0.3 is 0 Å². The summed E-state index contributed by atoms with van der Waals surface area (Å²) < 4.78 is 1.18. The Bertz CT molecular complexity index is 609. The predicted molar refractivity (Wildman–Crippen MR) is 88.8 cm³/mol. The van der Waals surface area contributed by atoms with Crippen molar-refractivity contribution in [3.8, 4) is 0 Å². The lowest BCUT2D eigenvalue weighted by atomic mass is 9.86. The highest BCUT2D eigenvalue weighted by Crippen LogP contribution is 2.28. The zero-order valence-electron chi connectivity index (χ0n) is 11.3. The van der Waals surface area contributed by atoms with E-state index < -0.39 is 0 Å². The maximum atomic E-state index is 12.5. The first-order valence-electron chi connectivity index (χ1n) is 7.12. The third kappa shape index (κ3) is 2.77. The number of thiophene rings is 1. The molecule has 20 heavy (non-hydrogen) atoms. The highest BCUT2D eigenvalue weighted by Gasteiger charge is 2.26. The van der Waals surface area contributed by atoms with Gasteiger partial charge in [0.25, 0.3) is 5.91 Å². The van der Waals surface area contributed by atoms with Gasteiger partial charge in [-0.15, -0.1) is 11.3 Å². The third-order valence-corrected chi connectivity index (χ3v) is 5.94. The lowest BCUT2D eigenvalue weighted by Gasteiger charge is -2.30. The first-order valence-corrected chi connectivity index (χ1v) is 9.13. The van der Waals surface area contributed by atoms with E-state index in [1.807, 2.05) is 23.6 Å². The number of carbonyl (C=O) groups is 1. The Balaban J connectivity index is 1.78.